The molecule has 28 heavy (non-hydrogen) atoms. The first-order valence-electron chi connectivity index (χ1n) is 9.52. The van der Waals surface area contributed by atoms with Crippen LogP contribution in [0.25, 0.3) is 11.0 Å². The number of aromatic nitrogens is 4. The van der Waals surface area contributed by atoms with Crippen molar-refractivity contribution in [2.45, 2.75) is 45.7 Å². The summed E-state index contributed by atoms with van der Waals surface area (Å²) in [6.45, 7) is 7.43. The molecule has 150 valence electrons. The average molecular weight is 384 g/mol. The van der Waals surface area contributed by atoms with Crippen molar-refractivity contribution >= 4 is 22.8 Å². The highest BCUT2D eigenvalue weighted by Gasteiger charge is 2.18. The maximum atomic E-state index is 6.28. The predicted octanol–water partition coefficient (Wildman–Crippen LogP) is 2.87. The van der Waals surface area contributed by atoms with Crippen LogP contribution in [0, 0.1) is 0 Å². The number of nitrogens with zero attached hydrogens (tertiary/aromatic N) is 4. The molecule has 2 heterocycles. The molecule has 1 aromatic carbocycles. The second kappa shape index (κ2) is 8.02. The van der Waals surface area contributed by atoms with Gasteiger partial charge in [0.05, 0.1) is 19.9 Å². The minimum Gasteiger partial charge on any atom is -0.496 e. The van der Waals surface area contributed by atoms with Crippen LogP contribution < -0.4 is 21.5 Å². The molecule has 3 rings (SSSR count). The molecule has 0 fully saturated rings. The van der Waals surface area contributed by atoms with Crippen LogP contribution in [0.15, 0.2) is 24.4 Å². The zero-order chi connectivity index (χ0) is 20.3. The van der Waals surface area contributed by atoms with Gasteiger partial charge in [0.2, 0.25) is 5.95 Å². The van der Waals surface area contributed by atoms with Gasteiger partial charge in [-0.05, 0) is 38.0 Å². The molecule has 0 aliphatic carbocycles. The molecule has 0 saturated carbocycles. The van der Waals surface area contributed by atoms with Crippen molar-refractivity contribution in [3.05, 3.63) is 35.5 Å². The molecular formula is C20H29N7O. The smallest absolute Gasteiger partial charge is 0.222 e. The second-order valence-electron chi connectivity index (χ2n) is 7.50. The molecule has 0 spiro atoms. The molecule has 8 nitrogen and oxygen atoms in total. The van der Waals surface area contributed by atoms with Gasteiger partial charge in [0, 0.05) is 17.6 Å². The van der Waals surface area contributed by atoms with Crippen molar-refractivity contribution in [1.29, 1.82) is 0 Å². The maximum Gasteiger partial charge on any atom is 0.222 e. The van der Waals surface area contributed by atoms with Gasteiger partial charge in [0.1, 0.15) is 16.8 Å². The summed E-state index contributed by atoms with van der Waals surface area (Å²) in [5.41, 5.74) is 15.3. The molecule has 3 aromatic rings. The summed E-state index contributed by atoms with van der Waals surface area (Å²) in [6.07, 6.45) is 3.84. The molecule has 5 N–H and O–H groups in total. The van der Waals surface area contributed by atoms with Crippen molar-refractivity contribution in [2.24, 2.45) is 5.73 Å². The number of methoxy groups -OCH3 is 1. The van der Waals surface area contributed by atoms with Gasteiger partial charge in [-0.25, -0.2) is 4.98 Å². The van der Waals surface area contributed by atoms with Crippen molar-refractivity contribution in [1.82, 2.24) is 19.7 Å². The number of nitrogens with two attached hydrogens (primary N) is 2. The average Bonchev–Trinajstić information content (AvgIpc) is 3.03. The quantitative estimate of drug-likeness (QED) is 0.512. The van der Waals surface area contributed by atoms with E-state index in [1.165, 1.54) is 0 Å². The molecule has 8 heteroatoms. The molecule has 0 saturated heterocycles. The van der Waals surface area contributed by atoms with Crippen molar-refractivity contribution in [3.63, 3.8) is 0 Å². The van der Waals surface area contributed by atoms with E-state index < -0.39 is 5.54 Å². The Kier molecular flexibility index (Phi) is 5.69. The van der Waals surface area contributed by atoms with Crippen LogP contribution in [0.5, 0.6) is 5.75 Å². The van der Waals surface area contributed by atoms with Crippen LogP contribution in [-0.2, 0) is 12.1 Å². The van der Waals surface area contributed by atoms with Gasteiger partial charge < -0.3 is 21.5 Å². The fourth-order valence-corrected chi connectivity index (χ4v) is 3.11. The van der Waals surface area contributed by atoms with Gasteiger partial charge >= 0.3 is 0 Å². The lowest BCUT2D eigenvalue weighted by molar-refractivity contribution is 0.406. The van der Waals surface area contributed by atoms with Gasteiger partial charge in [-0.3, -0.25) is 4.68 Å². The SMILES string of the molecule is CCCCNc1nc(N)nc2cnn(Cc3cc(C(C)(C)N)ccc3OC)c12. The van der Waals surface area contributed by atoms with Gasteiger partial charge in [-0.2, -0.15) is 10.1 Å². The molecule has 0 aliphatic rings. The van der Waals surface area contributed by atoms with Crippen LogP contribution >= 0.6 is 0 Å². The lowest BCUT2D eigenvalue weighted by Gasteiger charge is -2.21. The summed E-state index contributed by atoms with van der Waals surface area (Å²) < 4.78 is 7.42. The fourth-order valence-electron chi connectivity index (χ4n) is 3.11. The van der Waals surface area contributed by atoms with E-state index in [1.54, 1.807) is 13.3 Å². The molecule has 0 amide bonds. The van der Waals surface area contributed by atoms with Gasteiger partial charge in [-0.1, -0.05) is 19.4 Å². The lowest BCUT2D eigenvalue weighted by atomic mass is 9.93. The van der Waals surface area contributed by atoms with Crippen molar-refractivity contribution < 1.29 is 4.74 Å². The zero-order valence-electron chi connectivity index (χ0n) is 17.0. The number of unbranched alkanes of at least 4 members (excludes halogenated alkanes) is 1. The standard InChI is InChI=1S/C20H29N7O/c1-5-6-9-23-18-17-15(25-19(21)26-18)11-24-27(17)12-13-10-14(20(2,3)22)7-8-16(13)28-4/h7-8,10-11H,5-6,9,12,22H2,1-4H3,(H3,21,23,25,26). The Labute approximate surface area is 165 Å². The van der Waals surface area contributed by atoms with Crippen molar-refractivity contribution in [2.75, 3.05) is 24.7 Å². The van der Waals surface area contributed by atoms with E-state index in [9.17, 15) is 0 Å². The number of hydrogen-bond acceptors (Lipinski definition) is 7. The van der Waals surface area contributed by atoms with Crippen molar-refractivity contribution in [3.8, 4) is 5.75 Å². The molecule has 0 atom stereocenters. The Bertz CT molecular complexity index is 959. The summed E-state index contributed by atoms with van der Waals surface area (Å²) in [5.74, 6) is 1.71. The minimum absolute atomic E-state index is 0.232. The Balaban J connectivity index is 2.03. The number of nitrogens with one attached hydrogen (secondary N) is 1. The number of nitrogen functional groups attached to an aromatic ring is 1. The van der Waals surface area contributed by atoms with E-state index in [1.807, 2.05) is 30.7 Å². The molecule has 0 aliphatic heterocycles. The number of hydrogen-bond donors (Lipinski definition) is 3. The Hall–Kier alpha value is -2.87. The first kappa shape index (κ1) is 19.9. The maximum absolute atomic E-state index is 6.28. The molecular weight excluding hydrogens is 354 g/mol. The number of rotatable bonds is 8. The minimum atomic E-state index is -0.447. The van der Waals surface area contributed by atoms with E-state index in [0.717, 1.165) is 41.8 Å². The highest BCUT2D eigenvalue weighted by molar-refractivity contribution is 5.86. The van der Waals surface area contributed by atoms with Crippen LogP contribution in [-0.4, -0.2) is 33.4 Å². The highest BCUT2D eigenvalue weighted by atomic mass is 16.5. The van der Waals surface area contributed by atoms with E-state index in [0.29, 0.717) is 17.9 Å². The molecule has 0 bridgehead atoms. The first-order chi connectivity index (χ1) is 13.3. The number of fused-ring (bicyclic) bond motifs is 1. The number of anilines is 2. The zero-order valence-corrected chi connectivity index (χ0v) is 17.0. The van der Waals surface area contributed by atoms with E-state index in [2.05, 4.69) is 33.4 Å². The van der Waals surface area contributed by atoms with Crippen LogP contribution in [0.3, 0.4) is 0 Å². The molecule has 0 unspecified atom stereocenters. The summed E-state index contributed by atoms with van der Waals surface area (Å²) in [5, 5.41) is 7.88. The lowest BCUT2D eigenvalue weighted by Crippen LogP contribution is -2.28. The third-order valence-electron chi connectivity index (χ3n) is 4.67. The molecule has 2 aromatic heterocycles. The van der Waals surface area contributed by atoms with Crippen LogP contribution in [0.2, 0.25) is 0 Å². The predicted molar refractivity (Wildman–Crippen MR) is 112 cm³/mol. The first-order valence-corrected chi connectivity index (χ1v) is 9.52. The number of ether oxygens (including phenoxy) is 1. The third-order valence-corrected chi connectivity index (χ3v) is 4.67. The third kappa shape index (κ3) is 4.17. The van der Waals surface area contributed by atoms with Gasteiger partial charge in [0.15, 0.2) is 5.82 Å². The summed E-state index contributed by atoms with van der Waals surface area (Å²) in [6, 6.07) is 6.00. The van der Waals surface area contributed by atoms with E-state index in [-0.39, 0.29) is 5.95 Å². The van der Waals surface area contributed by atoms with Gasteiger partial charge in [-0.15, -0.1) is 0 Å². The normalized spacial score (nSPS) is 11.8. The van der Waals surface area contributed by atoms with E-state index >= 15 is 0 Å². The monoisotopic (exact) mass is 383 g/mol. The number of benzene rings is 1. The topological polar surface area (TPSA) is 117 Å². The Morgan fingerprint density at radius 3 is 2.71 bits per heavy atom. The Morgan fingerprint density at radius 1 is 1.25 bits per heavy atom. The van der Waals surface area contributed by atoms with Crippen LogP contribution in [0.1, 0.15) is 44.7 Å². The summed E-state index contributed by atoms with van der Waals surface area (Å²) in [7, 11) is 1.66. The van der Waals surface area contributed by atoms with Crippen LogP contribution in [0.4, 0.5) is 11.8 Å². The summed E-state index contributed by atoms with van der Waals surface area (Å²) in [4.78, 5) is 8.71. The second-order valence-corrected chi connectivity index (χ2v) is 7.50. The fraction of sp³-hybridized carbons (Fsp3) is 0.450. The largest absolute Gasteiger partial charge is 0.496 e. The highest BCUT2D eigenvalue weighted by Crippen LogP contribution is 2.28. The van der Waals surface area contributed by atoms with E-state index in [4.69, 9.17) is 16.2 Å². The summed E-state index contributed by atoms with van der Waals surface area (Å²) >= 11 is 0. The van der Waals surface area contributed by atoms with Gasteiger partial charge in [0.25, 0.3) is 0 Å². The Morgan fingerprint density at radius 2 is 2.04 bits per heavy atom. The molecule has 0 radical (unpaired) electrons.